The molecule has 0 spiro atoms. The highest BCUT2D eigenvalue weighted by Gasteiger charge is 2.67. The zero-order valence-electron chi connectivity index (χ0n) is 31.0. The first-order valence-corrected chi connectivity index (χ1v) is 19.0. The van der Waals surface area contributed by atoms with Crippen LogP contribution in [0.3, 0.4) is 0 Å². The van der Waals surface area contributed by atoms with Crippen molar-refractivity contribution in [2.45, 2.75) is 86.5 Å². The number of terminal acetylenes is 1. The number of hydrogen-bond acceptors (Lipinski definition) is 6. The first-order valence-electron chi connectivity index (χ1n) is 18.6. The number of nitrogens with zero attached hydrogens (tertiary/aromatic N) is 2. The summed E-state index contributed by atoms with van der Waals surface area (Å²) >= 11 is 6.06. The Balaban J connectivity index is 1.13. The van der Waals surface area contributed by atoms with Gasteiger partial charge in [-0.2, -0.15) is 0 Å². The SMILES string of the molecule is C#CCOC(=O)[C@]1(C)CC[C@]2(C)CC[C@]3(C)C4=CC=C5C(=CC(=O)C(OC(=O)N6CCN(c7ccc(Cl)cc7)CC6)=C5C)[C@]4(C)CC[C@@]3(C)[C@@H]2C1. The predicted octanol–water partition coefficient (Wildman–Crippen LogP) is 8.84. The lowest BCUT2D eigenvalue weighted by Gasteiger charge is -2.70. The van der Waals surface area contributed by atoms with Gasteiger partial charge in [0.2, 0.25) is 5.78 Å². The minimum absolute atomic E-state index is 0.00990. The molecule has 0 N–H and O–H groups in total. The molecule has 1 aromatic carbocycles. The molecule has 6 atom stereocenters. The molecule has 7 nitrogen and oxygen atoms in total. The van der Waals surface area contributed by atoms with Gasteiger partial charge < -0.3 is 19.3 Å². The Morgan fingerprint density at radius 2 is 1.63 bits per heavy atom. The second-order valence-corrected chi connectivity index (χ2v) is 17.6. The highest BCUT2D eigenvalue weighted by atomic mass is 35.5. The number of anilines is 1. The monoisotopic (exact) mass is 710 g/mol. The lowest BCUT2D eigenvalue weighted by molar-refractivity contribution is -0.181. The van der Waals surface area contributed by atoms with Crippen LogP contribution in [0.5, 0.6) is 0 Å². The number of carbonyl (C=O) groups is 3. The number of halogens is 1. The number of fused-ring (bicyclic) bond motifs is 7. The largest absolute Gasteiger partial charge is 0.452 e. The van der Waals surface area contributed by atoms with Gasteiger partial charge in [-0.25, -0.2) is 4.79 Å². The molecule has 4 fully saturated rings. The standard InChI is InChI=1S/C43H51ClN2O5/c1-8-25-50-37(48)40(4)16-15-39(3)17-19-42(6)34-14-13-31-28(2)36(33(47)26-32(31)41(34,5)18-20-43(42,7)35(39)27-40)51-38(49)46-23-21-45(22-24-46)30-11-9-29(44)10-12-30/h1,9-14,26,35H,15-25,27H2,2-7H3/t35-,39-,40-,41+,42-,43+/m1/s1. The van der Waals surface area contributed by atoms with Crippen molar-refractivity contribution in [1.82, 2.24) is 4.90 Å². The summed E-state index contributed by atoms with van der Waals surface area (Å²) in [6, 6.07) is 7.71. The summed E-state index contributed by atoms with van der Waals surface area (Å²) < 4.78 is 11.4. The number of allylic oxidation sites excluding steroid dienone is 7. The Labute approximate surface area is 308 Å². The summed E-state index contributed by atoms with van der Waals surface area (Å²) in [7, 11) is 0. The van der Waals surface area contributed by atoms with Crippen LogP contribution < -0.4 is 4.90 Å². The van der Waals surface area contributed by atoms with E-state index >= 15 is 0 Å². The molecule has 1 amide bonds. The summed E-state index contributed by atoms with van der Waals surface area (Å²) in [5, 5.41) is 0.690. The Hall–Kier alpha value is -3.76. The summed E-state index contributed by atoms with van der Waals surface area (Å²) in [5.41, 5.74) is 4.23. The number of ether oxygens (including phenoxy) is 2. The van der Waals surface area contributed by atoms with Crippen molar-refractivity contribution in [3.8, 4) is 12.3 Å². The number of rotatable bonds is 4. The minimum Gasteiger partial charge on any atom is -0.452 e. The van der Waals surface area contributed by atoms with Gasteiger partial charge in [-0.15, -0.1) is 6.42 Å². The Bertz CT molecular complexity index is 1840. The van der Waals surface area contributed by atoms with Crippen LogP contribution >= 0.6 is 11.6 Å². The molecule has 1 heterocycles. The first kappa shape index (κ1) is 35.6. The first-order chi connectivity index (χ1) is 24.1. The van der Waals surface area contributed by atoms with E-state index in [0.717, 1.165) is 61.8 Å². The third kappa shape index (κ3) is 5.50. The third-order valence-electron chi connectivity index (χ3n) is 14.5. The molecule has 0 unspecified atom stereocenters. The average Bonchev–Trinajstić information content (AvgIpc) is 3.11. The molecule has 7 rings (SSSR count). The van der Waals surface area contributed by atoms with E-state index in [0.29, 0.717) is 42.7 Å². The maximum atomic E-state index is 13.9. The summed E-state index contributed by atoms with van der Waals surface area (Å²) in [4.78, 5) is 44.5. The average molecular weight is 711 g/mol. The van der Waals surface area contributed by atoms with E-state index in [1.807, 2.05) is 31.2 Å². The van der Waals surface area contributed by atoms with Crippen molar-refractivity contribution in [3.63, 3.8) is 0 Å². The molecular formula is C43H51ClN2O5. The normalized spacial score (nSPS) is 35.9. The van der Waals surface area contributed by atoms with E-state index in [9.17, 15) is 14.4 Å². The quantitative estimate of drug-likeness (QED) is 0.230. The molecule has 0 aromatic heterocycles. The van der Waals surface area contributed by atoms with Crippen molar-refractivity contribution in [2.24, 2.45) is 33.0 Å². The van der Waals surface area contributed by atoms with E-state index in [4.69, 9.17) is 27.5 Å². The van der Waals surface area contributed by atoms with Gasteiger partial charge in [-0.1, -0.05) is 62.9 Å². The highest BCUT2D eigenvalue weighted by Crippen LogP contribution is 2.75. The van der Waals surface area contributed by atoms with Crippen molar-refractivity contribution in [1.29, 1.82) is 0 Å². The van der Waals surface area contributed by atoms with Crippen LogP contribution in [0.1, 0.15) is 86.5 Å². The fraction of sp³-hybridized carbons (Fsp3) is 0.558. The van der Waals surface area contributed by atoms with Crippen LogP contribution in [0.25, 0.3) is 0 Å². The fourth-order valence-electron chi connectivity index (χ4n) is 11.0. The van der Waals surface area contributed by atoms with Gasteiger partial charge in [-0.05, 0) is 122 Å². The summed E-state index contributed by atoms with van der Waals surface area (Å²) in [5.74, 6) is 2.48. The maximum Gasteiger partial charge on any atom is 0.415 e. The molecule has 3 saturated carbocycles. The highest BCUT2D eigenvalue weighted by molar-refractivity contribution is 6.30. The van der Waals surface area contributed by atoms with Crippen LogP contribution in [0.2, 0.25) is 5.02 Å². The van der Waals surface area contributed by atoms with E-state index in [2.05, 4.69) is 57.6 Å². The lowest BCUT2D eigenvalue weighted by Crippen LogP contribution is -2.62. The Morgan fingerprint density at radius 1 is 0.941 bits per heavy atom. The second-order valence-electron chi connectivity index (χ2n) is 17.2. The van der Waals surface area contributed by atoms with Crippen LogP contribution in [-0.4, -0.2) is 55.5 Å². The van der Waals surface area contributed by atoms with Crippen LogP contribution in [-0.2, 0) is 19.1 Å². The maximum absolute atomic E-state index is 13.9. The van der Waals surface area contributed by atoms with Gasteiger partial charge in [0, 0.05) is 47.9 Å². The van der Waals surface area contributed by atoms with Crippen molar-refractivity contribution in [3.05, 3.63) is 75.6 Å². The van der Waals surface area contributed by atoms with Gasteiger partial charge in [-0.3, -0.25) is 9.59 Å². The number of benzene rings is 1. The lowest BCUT2D eigenvalue weighted by atomic mass is 9.34. The molecule has 0 radical (unpaired) electrons. The molecule has 6 aliphatic rings. The molecule has 1 aliphatic heterocycles. The van der Waals surface area contributed by atoms with Crippen LogP contribution in [0.15, 0.2) is 70.5 Å². The molecule has 270 valence electrons. The van der Waals surface area contributed by atoms with E-state index in [1.54, 1.807) is 11.0 Å². The molecule has 1 aromatic rings. The fourth-order valence-corrected chi connectivity index (χ4v) is 11.1. The van der Waals surface area contributed by atoms with Gasteiger partial charge in [0.25, 0.3) is 0 Å². The third-order valence-corrected chi connectivity index (χ3v) is 14.8. The summed E-state index contributed by atoms with van der Waals surface area (Å²) in [6.07, 6.45) is 17.8. The summed E-state index contributed by atoms with van der Waals surface area (Å²) in [6.45, 7) is 16.0. The van der Waals surface area contributed by atoms with E-state index < -0.39 is 11.5 Å². The van der Waals surface area contributed by atoms with Gasteiger partial charge in [0.05, 0.1) is 5.41 Å². The van der Waals surface area contributed by atoms with Crippen molar-refractivity contribution < 1.29 is 23.9 Å². The number of hydrogen-bond donors (Lipinski definition) is 0. The molecule has 5 aliphatic carbocycles. The molecular weight excluding hydrogens is 660 g/mol. The zero-order chi connectivity index (χ0) is 36.6. The Morgan fingerprint density at radius 3 is 2.31 bits per heavy atom. The minimum atomic E-state index is -0.560. The molecule has 1 saturated heterocycles. The van der Waals surface area contributed by atoms with Crippen molar-refractivity contribution in [2.75, 3.05) is 37.7 Å². The van der Waals surface area contributed by atoms with Gasteiger partial charge in [0.1, 0.15) is 0 Å². The second kappa shape index (κ2) is 12.4. The predicted molar refractivity (Wildman–Crippen MR) is 200 cm³/mol. The van der Waals surface area contributed by atoms with E-state index in [-0.39, 0.29) is 45.8 Å². The topological polar surface area (TPSA) is 76.2 Å². The van der Waals surface area contributed by atoms with E-state index in [1.165, 1.54) is 5.57 Å². The zero-order valence-corrected chi connectivity index (χ0v) is 31.8. The smallest absolute Gasteiger partial charge is 0.415 e. The molecule has 0 bridgehead atoms. The number of esters is 1. The molecule has 8 heteroatoms. The number of ketones is 1. The Kier molecular flexibility index (Phi) is 8.69. The van der Waals surface area contributed by atoms with Crippen molar-refractivity contribution >= 4 is 35.1 Å². The van der Waals surface area contributed by atoms with Gasteiger partial charge in [0.15, 0.2) is 12.4 Å². The van der Waals surface area contributed by atoms with Gasteiger partial charge >= 0.3 is 12.1 Å². The number of piperazine rings is 1. The van der Waals surface area contributed by atoms with Crippen LogP contribution in [0, 0.1) is 45.3 Å². The van der Waals surface area contributed by atoms with Crippen LogP contribution in [0.4, 0.5) is 10.5 Å². The number of carbonyl (C=O) groups excluding carboxylic acids is 3. The number of amides is 1. The molecule has 51 heavy (non-hydrogen) atoms.